The molecule has 0 bridgehead atoms. The average molecular weight is 376 g/mol. The van der Waals surface area contributed by atoms with E-state index in [-0.39, 0.29) is 35.7 Å². The molecule has 2 heterocycles. The van der Waals surface area contributed by atoms with Gasteiger partial charge in [0.25, 0.3) is 11.8 Å². The predicted molar refractivity (Wildman–Crippen MR) is 99.4 cm³/mol. The Bertz CT molecular complexity index is 822. The molecule has 3 atom stereocenters. The Morgan fingerprint density at radius 2 is 1.85 bits per heavy atom. The molecule has 1 aromatic carbocycles. The molecule has 1 aliphatic heterocycles. The van der Waals surface area contributed by atoms with Crippen molar-refractivity contribution in [1.82, 2.24) is 14.7 Å². The summed E-state index contributed by atoms with van der Waals surface area (Å²) in [5.74, 6) is 0.0658. The first-order chi connectivity index (χ1) is 12.0. The fourth-order valence-corrected chi connectivity index (χ4v) is 4.06. The predicted octanol–water partition coefficient (Wildman–Crippen LogP) is 1.20. The summed E-state index contributed by atoms with van der Waals surface area (Å²) < 4.78 is 1.43. The maximum atomic E-state index is 12.9. The summed E-state index contributed by atoms with van der Waals surface area (Å²) in [6, 6.07) is 10.8. The zero-order valence-electron chi connectivity index (χ0n) is 14.2. The number of hydrogen-bond acceptors (Lipinski definition) is 4. The number of hydrogen-bond donors (Lipinski definition) is 2. The maximum absolute atomic E-state index is 12.9. The molecule has 8 heteroatoms. The van der Waals surface area contributed by atoms with Crippen molar-refractivity contribution in [1.29, 1.82) is 0 Å². The van der Waals surface area contributed by atoms with Gasteiger partial charge in [-0.05, 0) is 36.8 Å². The summed E-state index contributed by atoms with van der Waals surface area (Å²) in [5, 5.41) is 4.35. The van der Waals surface area contributed by atoms with E-state index in [1.807, 2.05) is 30.3 Å². The van der Waals surface area contributed by atoms with Crippen molar-refractivity contribution >= 4 is 24.2 Å². The first kappa shape index (κ1) is 18.4. The molecule has 3 unspecified atom stereocenters. The fourth-order valence-electron chi connectivity index (χ4n) is 4.06. The summed E-state index contributed by atoms with van der Waals surface area (Å²) in [5.41, 5.74) is 12.7. The van der Waals surface area contributed by atoms with Crippen LogP contribution in [0.5, 0.6) is 0 Å². The van der Waals surface area contributed by atoms with Crippen LogP contribution < -0.4 is 11.5 Å². The van der Waals surface area contributed by atoms with Crippen molar-refractivity contribution in [3.8, 4) is 5.69 Å². The van der Waals surface area contributed by atoms with Crippen LogP contribution in [0, 0.1) is 11.8 Å². The molecular weight excluding hydrogens is 354 g/mol. The Morgan fingerprint density at radius 3 is 2.50 bits per heavy atom. The van der Waals surface area contributed by atoms with E-state index in [1.54, 1.807) is 4.90 Å². The Kier molecular flexibility index (Phi) is 5.02. The molecule has 0 radical (unpaired) electrons. The number of fused-ring (bicyclic) bond motifs is 1. The van der Waals surface area contributed by atoms with E-state index in [0.717, 1.165) is 12.8 Å². The Morgan fingerprint density at radius 1 is 1.12 bits per heavy atom. The number of aromatic nitrogens is 2. The van der Waals surface area contributed by atoms with E-state index < -0.39 is 5.91 Å². The van der Waals surface area contributed by atoms with Crippen LogP contribution in [-0.2, 0) is 0 Å². The van der Waals surface area contributed by atoms with Crippen molar-refractivity contribution in [2.24, 2.45) is 23.3 Å². The number of amides is 2. The summed E-state index contributed by atoms with van der Waals surface area (Å²) in [7, 11) is 0. The van der Waals surface area contributed by atoms with Gasteiger partial charge in [-0.1, -0.05) is 18.2 Å². The minimum absolute atomic E-state index is 0. The quantitative estimate of drug-likeness (QED) is 0.840. The lowest BCUT2D eigenvalue weighted by atomic mass is 9.98. The highest BCUT2D eigenvalue weighted by atomic mass is 35.5. The van der Waals surface area contributed by atoms with E-state index >= 15 is 0 Å². The third kappa shape index (κ3) is 3.08. The number of carbonyl (C=O) groups excluding carboxylic acids is 2. The van der Waals surface area contributed by atoms with E-state index in [0.29, 0.717) is 30.6 Å². The number of likely N-dealkylation sites (tertiary alicyclic amines) is 1. The van der Waals surface area contributed by atoms with Crippen LogP contribution in [0.1, 0.15) is 33.8 Å². The first-order valence-electron chi connectivity index (χ1n) is 8.54. The Labute approximate surface area is 157 Å². The van der Waals surface area contributed by atoms with Crippen LogP contribution in [0.2, 0.25) is 0 Å². The number of benzene rings is 1. The summed E-state index contributed by atoms with van der Waals surface area (Å²) in [4.78, 5) is 26.4. The van der Waals surface area contributed by atoms with E-state index in [1.165, 1.54) is 10.7 Å². The molecule has 1 aromatic heterocycles. The second kappa shape index (κ2) is 7.09. The van der Waals surface area contributed by atoms with Crippen LogP contribution in [-0.4, -0.2) is 45.6 Å². The minimum Gasteiger partial charge on any atom is -0.364 e. The molecule has 2 aliphatic rings. The molecule has 4 rings (SSSR count). The zero-order chi connectivity index (χ0) is 17.6. The third-order valence-electron chi connectivity index (χ3n) is 5.38. The smallest absolute Gasteiger partial charge is 0.274 e. The molecule has 7 nitrogen and oxygen atoms in total. The molecule has 2 fully saturated rings. The highest BCUT2D eigenvalue weighted by molar-refractivity contribution is 5.97. The van der Waals surface area contributed by atoms with Crippen LogP contribution in [0.4, 0.5) is 0 Å². The number of rotatable bonds is 3. The van der Waals surface area contributed by atoms with Gasteiger partial charge in [0.05, 0.1) is 5.69 Å². The van der Waals surface area contributed by atoms with Gasteiger partial charge in [-0.15, -0.1) is 12.4 Å². The van der Waals surface area contributed by atoms with Gasteiger partial charge >= 0.3 is 0 Å². The number of nitrogens with zero attached hydrogens (tertiary/aromatic N) is 3. The molecule has 1 saturated heterocycles. The van der Waals surface area contributed by atoms with Crippen LogP contribution in [0.3, 0.4) is 0 Å². The zero-order valence-corrected chi connectivity index (χ0v) is 15.1. The molecule has 26 heavy (non-hydrogen) atoms. The monoisotopic (exact) mass is 375 g/mol. The van der Waals surface area contributed by atoms with Gasteiger partial charge in [-0.3, -0.25) is 9.59 Å². The molecule has 1 saturated carbocycles. The number of nitrogens with two attached hydrogens (primary N) is 2. The molecule has 0 spiro atoms. The van der Waals surface area contributed by atoms with Gasteiger partial charge in [-0.2, -0.15) is 5.10 Å². The highest BCUT2D eigenvalue weighted by Gasteiger charge is 2.43. The summed E-state index contributed by atoms with van der Waals surface area (Å²) >= 11 is 0. The summed E-state index contributed by atoms with van der Waals surface area (Å²) in [6.07, 6.45) is 2.10. The lowest BCUT2D eigenvalue weighted by molar-refractivity contribution is 0.0773. The van der Waals surface area contributed by atoms with Crippen molar-refractivity contribution in [3.05, 3.63) is 47.8 Å². The van der Waals surface area contributed by atoms with Crippen LogP contribution in [0.15, 0.2) is 36.4 Å². The van der Waals surface area contributed by atoms with E-state index in [4.69, 9.17) is 11.5 Å². The van der Waals surface area contributed by atoms with Gasteiger partial charge < -0.3 is 16.4 Å². The first-order valence-corrected chi connectivity index (χ1v) is 8.54. The molecule has 138 valence electrons. The minimum atomic E-state index is -0.615. The normalized spacial score (nSPS) is 24.2. The fraction of sp³-hybridized carbons (Fsp3) is 0.389. The third-order valence-corrected chi connectivity index (χ3v) is 5.38. The topological polar surface area (TPSA) is 107 Å². The van der Waals surface area contributed by atoms with Gasteiger partial charge in [0.2, 0.25) is 0 Å². The van der Waals surface area contributed by atoms with Crippen molar-refractivity contribution in [2.45, 2.75) is 18.9 Å². The lowest BCUT2D eigenvalue weighted by Gasteiger charge is -2.17. The van der Waals surface area contributed by atoms with Crippen LogP contribution in [0.25, 0.3) is 5.69 Å². The second-order valence-electron chi connectivity index (χ2n) is 6.90. The van der Waals surface area contributed by atoms with Gasteiger partial charge in [0.1, 0.15) is 5.69 Å². The number of primary amides is 1. The number of halogens is 1. The molecule has 1 aliphatic carbocycles. The lowest BCUT2D eigenvalue weighted by Crippen LogP contribution is -2.33. The average Bonchev–Trinajstić information content (AvgIpc) is 3.31. The van der Waals surface area contributed by atoms with Crippen molar-refractivity contribution in [2.75, 3.05) is 13.1 Å². The SMILES string of the molecule is Cl.NC(=O)c1cc(C(=O)N2CC3CCC(N)C3C2)nn1-c1ccccc1. The van der Waals surface area contributed by atoms with E-state index in [9.17, 15) is 9.59 Å². The van der Waals surface area contributed by atoms with Gasteiger partial charge in [-0.25, -0.2) is 4.68 Å². The molecular formula is C18H22ClN5O2. The number of para-hydroxylation sites is 1. The molecule has 4 N–H and O–H groups in total. The second-order valence-corrected chi connectivity index (χ2v) is 6.90. The Hall–Kier alpha value is -2.38. The van der Waals surface area contributed by atoms with Gasteiger partial charge in [0.15, 0.2) is 5.69 Å². The van der Waals surface area contributed by atoms with Gasteiger partial charge in [0, 0.05) is 25.2 Å². The number of carbonyl (C=O) groups is 2. The summed E-state index contributed by atoms with van der Waals surface area (Å²) in [6.45, 7) is 1.37. The molecule has 2 amide bonds. The van der Waals surface area contributed by atoms with E-state index in [2.05, 4.69) is 5.10 Å². The largest absolute Gasteiger partial charge is 0.364 e. The highest BCUT2D eigenvalue weighted by Crippen LogP contribution is 2.37. The van der Waals surface area contributed by atoms with Crippen LogP contribution >= 0.6 is 12.4 Å². The standard InChI is InChI=1S/C18H21N5O2.ClH/c19-14-7-6-11-9-22(10-13(11)14)18(25)15-8-16(17(20)24)23(21-15)12-4-2-1-3-5-12;/h1-5,8,11,13-14H,6-7,9-10,19H2,(H2,20,24);1H. The maximum Gasteiger partial charge on any atom is 0.274 e. The van der Waals surface area contributed by atoms with Crippen molar-refractivity contribution in [3.63, 3.8) is 0 Å². The Balaban J connectivity index is 0.00000196. The van der Waals surface area contributed by atoms with Crippen molar-refractivity contribution < 1.29 is 9.59 Å². The molecule has 2 aromatic rings.